The van der Waals surface area contributed by atoms with Crippen molar-refractivity contribution in [1.82, 2.24) is 4.90 Å². The van der Waals surface area contributed by atoms with Crippen molar-refractivity contribution in [2.24, 2.45) is 0 Å². The molecule has 0 spiro atoms. The number of hydrogen-bond donors (Lipinski definition) is 0. The number of fused-ring (bicyclic) bond motifs is 1. The first-order chi connectivity index (χ1) is 26.8. The van der Waals surface area contributed by atoms with E-state index in [1.54, 1.807) is 0 Å². The van der Waals surface area contributed by atoms with Gasteiger partial charge in [0.05, 0.1) is 44.7 Å². The predicted octanol–water partition coefficient (Wildman–Crippen LogP) is 9.60. The molecule has 5 heteroatoms. The Morgan fingerprint density at radius 2 is 0.833 bits per heavy atom. The molecular weight excluding hydrogens is 667 g/mol. The summed E-state index contributed by atoms with van der Waals surface area (Å²) in [4.78, 5) is 2.59. The van der Waals surface area contributed by atoms with Crippen molar-refractivity contribution in [1.29, 1.82) is 0 Å². The zero-order valence-corrected chi connectivity index (χ0v) is 30.7. The number of rotatable bonds is 15. The zero-order valence-electron chi connectivity index (χ0n) is 30.7. The van der Waals surface area contributed by atoms with Crippen molar-refractivity contribution in [3.63, 3.8) is 0 Å². The standard InChI is InChI=1S/C49H49NO4/c1-7-19-38(20-8-1)34-51-45-32-31-44(37-54-49(41-25-13-4-14-26-41,42-27-15-5-16-28-42)43-29-17-6-18-30-43)50-33-46(52-35-39-21-9-2-10-22-39)48(47(45)50)53-36-40-23-11-3-12-24-40/h1-30,44-48H,31-37H2/t44-,45-,46-,47-,48+/m0/s1. The van der Waals surface area contributed by atoms with E-state index in [2.05, 4.69) is 175 Å². The van der Waals surface area contributed by atoms with Crippen LogP contribution >= 0.6 is 0 Å². The van der Waals surface area contributed by atoms with Gasteiger partial charge in [-0.1, -0.05) is 182 Å². The van der Waals surface area contributed by atoms with E-state index in [0.717, 1.165) is 47.2 Å². The van der Waals surface area contributed by atoms with Crippen LogP contribution in [0.4, 0.5) is 0 Å². The van der Waals surface area contributed by atoms with E-state index < -0.39 is 5.60 Å². The Morgan fingerprint density at radius 1 is 0.444 bits per heavy atom. The van der Waals surface area contributed by atoms with Crippen LogP contribution in [0.3, 0.4) is 0 Å². The van der Waals surface area contributed by atoms with E-state index >= 15 is 0 Å². The van der Waals surface area contributed by atoms with Crippen molar-refractivity contribution >= 4 is 0 Å². The van der Waals surface area contributed by atoms with Gasteiger partial charge >= 0.3 is 0 Å². The third-order valence-electron chi connectivity index (χ3n) is 11.0. The first kappa shape index (κ1) is 36.1. The Morgan fingerprint density at radius 3 is 1.28 bits per heavy atom. The maximum absolute atomic E-state index is 7.47. The van der Waals surface area contributed by atoms with Crippen LogP contribution in [0.1, 0.15) is 46.2 Å². The summed E-state index contributed by atoms with van der Waals surface area (Å²) in [6, 6.07) is 63.4. The Bertz CT molecular complexity index is 1880. The van der Waals surface area contributed by atoms with Crippen molar-refractivity contribution in [2.75, 3.05) is 13.2 Å². The summed E-state index contributed by atoms with van der Waals surface area (Å²) in [5.41, 5.74) is 5.99. The molecule has 2 heterocycles. The number of hydrogen-bond acceptors (Lipinski definition) is 5. The zero-order chi connectivity index (χ0) is 36.4. The summed E-state index contributed by atoms with van der Waals surface area (Å²) in [5, 5.41) is 0. The van der Waals surface area contributed by atoms with Gasteiger partial charge in [-0.15, -0.1) is 0 Å². The van der Waals surface area contributed by atoms with E-state index in [1.165, 1.54) is 5.56 Å². The third kappa shape index (κ3) is 8.12. The molecule has 274 valence electrons. The van der Waals surface area contributed by atoms with Crippen LogP contribution in [-0.4, -0.2) is 48.4 Å². The first-order valence-corrected chi connectivity index (χ1v) is 19.3. The fourth-order valence-corrected chi connectivity index (χ4v) is 8.38. The van der Waals surface area contributed by atoms with Gasteiger partial charge < -0.3 is 18.9 Å². The highest BCUT2D eigenvalue weighted by Crippen LogP contribution is 2.43. The second-order valence-corrected chi connectivity index (χ2v) is 14.4. The van der Waals surface area contributed by atoms with Crippen LogP contribution in [0, 0.1) is 0 Å². The van der Waals surface area contributed by atoms with Crippen molar-refractivity contribution in [3.8, 4) is 0 Å². The Hall–Kier alpha value is -4.88. The molecule has 8 rings (SSSR count). The minimum Gasteiger partial charge on any atom is -0.372 e. The predicted molar refractivity (Wildman–Crippen MR) is 214 cm³/mol. The Kier molecular flexibility index (Phi) is 11.7. The first-order valence-electron chi connectivity index (χ1n) is 19.3. The summed E-state index contributed by atoms with van der Waals surface area (Å²) in [6.07, 6.45) is 1.45. The lowest BCUT2D eigenvalue weighted by atomic mass is 9.80. The highest BCUT2D eigenvalue weighted by molar-refractivity contribution is 5.47. The van der Waals surface area contributed by atoms with Gasteiger partial charge in [-0.25, -0.2) is 0 Å². The van der Waals surface area contributed by atoms with Gasteiger partial charge in [0.15, 0.2) is 0 Å². The van der Waals surface area contributed by atoms with Gasteiger partial charge in [-0.2, -0.15) is 0 Å². The minimum atomic E-state index is -0.800. The number of ether oxygens (including phenoxy) is 4. The van der Waals surface area contributed by atoms with Crippen molar-refractivity contribution in [3.05, 3.63) is 215 Å². The van der Waals surface area contributed by atoms with Gasteiger partial charge in [-0.3, -0.25) is 4.90 Å². The van der Waals surface area contributed by atoms with Crippen molar-refractivity contribution < 1.29 is 18.9 Å². The summed E-state index contributed by atoms with van der Waals surface area (Å²) in [6.45, 7) is 2.83. The molecule has 2 saturated heterocycles. The molecule has 0 radical (unpaired) electrons. The maximum atomic E-state index is 7.47. The van der Waals surface area contributed by atoms with E-state index in [4.69, 9.17) is 18.9 Å². The molecule has 0 saturated carbocycles. The van der Waals surface area contributed by atoms with Crippen LogP contribution in [0.25, 0.3) is 0 Å². The van der Waals surface area contributed by atoms with Gasteiger partial charge in [0.2, 0.25) is 0 Å². The average Bonchev–Trinajstić information content (AvgIpc) is 3.63. The topological polar surface area (TPSA) is 40.2 Å². The molecule has 0 aromatic heterocycles. The van der Waals surface area contributed by atoms with Crippen LogP contribution in [0.5, 0.6) is 0 Å². The molecule has 0 aliphatic carbocycles. The van der Waals surface area contributed by atoms with Crippen LogP contribution in [-0.2, 0) is 44.4 Å². The number of piperidine rings is 1. The molecule has 6 aromatic carbocycles. The lowest BCUT2D eigenvalue weighted by Gasteiger charge is -2.45. The molecule has 6 aromatic rings. The number of benzene rings is 6. The van der Waals surface area contributed by atoms with Crippen LogP contribution < -0.4 is 0 Å². The summed E-state index contributed by atoms with van der Waals surface area (Å²) in [5.74, 6) is 0. The SMILES string of the molecule is c1ccc(CO[C@H]2[C@@H]3[C@@H](OCc4ccccc4)CC[C@@H](COC(c4ccccc4)(c4ccccc4)c4ccccc4)N3C[C@@H]2OCc2ccccc2)cc1. The lowest BCUT2D eigenvalue weighted by Crippen LogP contribution is -2.56. The Labute approximate surface area is 320 Å². The van der Waals surface area contributed by atoms with Gasteiger partial charge in [0.1, 0.15) is 11.7 Å². The summed E-state index contributed by atoms with van der Waals surface area (Å²) >= 11 is 0. The quantitative estimate of drug-likeness (QED) is 0.0991. The monoisotopic (exact) mass is 715 g/mol. The normalized spacial score (nSPS) is 21.4. The molecule has 0 unspecified atom stereocenters. The van der Waals surface area contributed by atoms with E-state index in [0.29, 0.717) is 26.4 Å². The fourth-order valence-electron chi connectivity index (χ4n) is 8.38. The highest BCUT2D eigenvalue weighted by Gasteiger charge is 2.53. The van der Waals surface area contributed by atoms with Gasteiger partial charge in [0, 0.05) is 12.6 Å². The van der Waals surface area contributed by atoms with Crippen LogP contribution in [0.2, 0.25) is 0 Å². The van der Waals surface area contributed by atoms with Crippen LogP contribution in [0.15, 0.2) is 182 Å². The molecule has 2 aliphatic rings. The van der Waals surface area contributed by atoms with E-state index in [9.17, 15) is 0 Å². The summed E-state index contributed by atoms with van der Waals surface area (Å²) < 4.78 is 28.1. The molecular formula is C49H49NO4. The van der Waals surface area contributed by atoms with E-state index in [-0.39, 0.29) is 30.4 Å². The highest BCUT2D eigenvalue weighted by atomic mass is 16.5. The Balaban J connectivity index is 1.13. The smallest absolute Gasteiger partial charge is 0.143 e. The summed E-state index contributed by atoms with van der Waals surface area (Å²) in [7, 11) is 0. The van der Waals surface area contributed by atoms with Gasteiger partial charge in [-0.05, 0) is 46.2 Å². The number of nitrogens with zero attached hydrogens (tertiary/aromatic N) is 1. The molecule has 0 amide bonds. The lowest BCUT2D eigenvalue weighted by molar-refractivity contribution is -0.126. The molecule has 0 N–H and O–H groups in total. The average molecular weight is 716 g/mol. The molecule has 5 nitrogen and oxygen atoms in total. The second-order valence-electron chi connectivity index (χ2n) is 14.4. The molecule has 2 aliphatic heterocycles. The fraction of sp³-hybridized carbons (Fsp3) is 0.265. The molecule has 5 atom stereocenters. The minimum absolute atomic E-state index is 0.0138. The van der Waals surface area contributed by atoms with Gasteiger partial charge in [0.25, 0.3) is 0 Å². The molecule has 0 bridgehead atoms. The largest absolute Gasteiger partial charge is 0.372 e. The molecule has 54 heavy (non-hydrogen) atoms. The maximum Gasteiger partial charge on any atom is 0.143 e. The van der Waals surface area contributed by atoms with Crippen molar-refractivity contribution in [2.45, 2.75) is 68.7 Å². The second kappa shape index (κ2) is 17.5. The van der Waals surface area contributed by atoms with E-state index in [1.807, 2.05) is 12.1 Å². The third-order valence-corrected chi connectivity index (χ3v) is 11.0. The molecule has 2 fully saturated rings.